The summed E-state index contributed by atoms with van der Waals surface area (Å²) >= 11 is 5.91. The molecule has 0 saturated carbocycles. The monoisotopic (exact) mass is 497 g/mol. The molecule has 2 heterocycles. The second-order valence-corrected chi connectivity index (χ2v) is 10.9. The van der Waals surface area contributed by atoms with Crippen molar-refractivity contribution in [2.45, 2.75) is 23.0 Å². The van der Waals surface area contributed by atoms with Gasteiger partial charge in [0.2, 0.25) is 16.0 Å². The van der Waals surface area contributed by atoms with Crippen molar-refractivity contribution in [2.24, 2.45) is 14.6 Å². The number of sulfonamides is 1. The number of hydrogen-bond acceptors (Lipinski definition) is 4. The van der Waals surface area contributed by atoms with E-state index in [4.69, 9.17) is 16.7 Å². The zero-order valence-corrected chi connectivity index (χ0v) is 19.3. The lowest BCUT2D eigenvalue weighted by atomic mass is 10.1. The quantitative estimate of drug-likeness (QED) is 0.515. The minimum absolute atomic E-state index is 0.132. The Bertz CT molecular complexity index is 1190. The number of benzene rings is 2. The van der Waals surface area contributed by atoms with E-state index < -0.39 is 26.3 Å². The Labute approximate surface area is 193 Å². The molecule has 4 rings (SSSR count). The first-order valence-electron chi connectivity index (χ1n) is 9.84. The highest BCUT2D eigenvalue weighted by molar-refractivity contribution is 7.89. The molecule has 2 N–H and O–H groups in total. The molecule has 2 atom stereocenters. The van der Waals surface area contributed by atoms with Crippen LogP contribution in [-0.4, -0.2) is 59.1 Å². The first-order chi connectivity index (χ1) is 15.2. The first kappa shape index (κ1) is 22.8. The van der Waals surface area contributed by atoms with Crippen LogP contribution in [0.5, 0.6) is 0 Å². The highest BCUT2D eigenvalue weighted by Crippen LogP contribution is 2.22. The molecule has 0 amide bonds. The number of nitrogens with two attached hydrogens (primary N) is 1. The predicted molar refractivity (Wildman–Crippen MR) is 123 cm³/mol. The maximum Gasteiger partial charge on any atom is 0.231 e. The Balaban J connectivity index is 1.65. The van der Waals surface area contributed by atoms with Crippen LogP contribution < -0.4 is 5.14 Å². The minimum Gasteiger partial charge on any atom is -0.339 e. The molecule has 0 bridgehead atoms. The number of primary sulfonamides is 1. The fourth-order valence-corrected chi connectivity index (χ4v) is 5.35. The topological polar surface area (TPSA) is 108 Å². The van der Waals surface area contributed by atoms with E-state index in [-0.39, 0.29) is 12.4 Å². The van der Waals surface area contributed by atoms with E-state index in [9.17, 15) is 17.0 Å². The van der Waals surface area contributed by atoms with E-state index in [1.165, 1.54) is 12.1 Å². The Kier molecular flexibility index (Phi) is 6.61. The third-order valence-electron chi connectivity index (χ3n) is 5.28. The first-order valence-corrected chi connectivity index (χ1v) is 12.9. The smallest absolute Gasteiger partial charge is 0.231 e. The van der Waals surface area contributed by atoms with Crippen molar-refractivity contribution >= 4 is 44.3 Å². The summed E-state index contributed by atoms with van der Waals surface area (Å²) in [6.07, 6.45) is 0.915. The van der Waals surface area contributed by atoms with Crippen LogP contribution >= 0.6 is 11.6 Å². The standard InChI is InChI=1S/C20H21ClFN5O3S2/c21-15-3-7-17(8-4-15)31(28)25-20(26-11-9-18(13-26)32(23,29)30)27-12-10-19(24-27)14-1-5-16(22)6-2-14/h1-8,18H,9-13H2,(H2,23,29,30)/b25-20-. The number of halogens is 2. The Morgan fingerprint density at radius 2 is 1.84 bits per heavy atom. The molecule has 1 fully saturated rings. The molecule has 12 heteroatoms. The van der Waals surface area contributed by atoms with Gasteiger partial charge in [-0.05, 0) is 48.4 Å². The van der Waals surface area contributed by atoms with Crippen molar-refractivity contribution in [3.8, 4) is 0 Å². The van der Waals surface area contributed by atoms with Gasteiger partial charge in [-0.25, -0.2) is 27.2 Å². The molecule has 2 aromatic carbocycles. The van der Waals surface area contributed by atoms with E-state index in [1.54, 1.807) is 46.3 Å². The van der Waals surface area contributed by atoms with Gasteiger partial charge in [0, 0.05) is 24.5 Å². The zero-order chi connectivity index (χ0) is 22.9. The van der Waals surface area contributed by atoms with Gasteiger partial charge in [-0.1, -0.05) is 23.7 Å². The van der Waals surface area contributed by atoms with Gasteiger partial charge in [0.25, 0.3) is 0 Å². The fraction of sp³-hybridized carbons (Fsp3) is 0.300. The molecule has 32 heavy (non-hydrogen) atoms. The largest absolute Gasteiger partial charge is 0.339 e. The molecular formula is C20H21ClFN5O3S2. The van der Waals surface area contributed by atoms with Gasteiger partial charge in [0.15, 0.2) is 11.0 Å². The second kappa shape index (κ2) is 9.26. The summed E-state index contributed by atoms with van der Waals surface area (Å²) in [5, 5.41) is 11.3. The molecule has 1 saturated heterocycles. The van der Waals surface area contributed by atoms with Crippen molar-refractivity contribution < 1.29 is 17.0 Å². The van der Waals surface area contributed by atoms with Crippen LogP contribution in [0, 0.1) is 5.82 Å². The van der Waals surface area contributed by atoms with Gasteiger partial charge < -0.3 is 4.90 Å². The van der Waals surface area contributed by atoms with E-state index >= 15 is 0 Å². The summed E-state index contributed by atoms with van der Waals surface area (Å²) in [5.74, 6) is -0.0301. The highest BCUT2D eigenvalue weighted by atomic mass is 35.5. The van der Waals surface area contributed by atoms with Crippen molar-refractivity contribution in [3.05, 3.63) is 64.9 Å². The number of hydrogen-bond donors (Lipinski definition) is 1. The Hall–Kier alpha value is -2.34. The lowest BCUT2D eigenvalue weighted by Gasteiger charge is -2.25. The van der Waals surface area contributed by atoms with Gasteiger partial charge in [-0.15, -0.1) is 4.40 Å². The maximum absolute atomic E-state index is 13.3. The third kappa shape index (κ3) is 5.17. The fourth-order valence-electron chi connectivity index (χ4n) is 3.57. The van der Waals surface area contributed by atoms with Gasteiger partial charge in [-0.3, -0.25) is 0 Å². The number of rotatable bonds is 4. The van der Waals surface area contributed by atoms with Gasteiger partial charge in [0.05, 0.1) is 22.4 Å². The minimum atomic E-state index is -3.71. The lowest BCUT2D eigenvalue weighted by molar-refractivity contribution is 0.383. The van der Waals surface area contributed by atoms with Crippen molar-refractivity contribution in [1.82, 2.24) is 9.91 Å². The molecule has 8 nitrogen and oxygen atoms in total. The van der Waals surface area contributed by atoms with Crippen LogP contribution in [0.4, 0.5) is 4.39 Å². The van der Waals surface area contributed by atoms with E-state index in [2.05, 4.69) is 9.50 Å². The van der Waals surface area contributed by atoms with Crippen molar-refractivity contribution in [2.75, 3.05) is 19.6 Å². The molecule has 0 aromatic heterocycles. The summed E-state index contributed by atoms with van der Waals surface area (Å²) in [5.41, 5.74) is 1.51. The molecule has 2 aliphatic heterocycles. The summed E-state index contributed by atoms with van der Waals surface area (Å²) < 4.78 is 54.3. The molecule has 0 radical (unpaired) electrons. The summed E-state index contributed by atoms with van der Waals surface area (Å²) in [6, 6.07) is 12.5. The Morgan fingerprint density at radius 3 is 2.47 bits per heavy atom. The third-order valence-corrected chi connectivity index (χ3v) is 7.85. The van der Waals surface area contributed by atoms with Gasteiger partial charge in [0.1, 0.15) is 5.82 Å². The van der Waals surface area contributed by atoms with Crippen LogP contribution in [0.15, 0.2) is 62.9 Å². The van der Waals surface area contributed by atoms with Crippen LogP contribution in [0.1, 0.15) is 18.4 Å². The Morgan fingerprint density at radius 1 is 1.16 bits per heavy atom. The number of guanidine groups is 1. The molecule has 170 valence electrons. The highest BCUT2D eigenvalue weighted by Gasteiger charge is 2.35. The normalized spacial score (nSPS) is 20.5. The lowest BCUT2D eigenvalue weighted by Crippen LogP contribution is -2.41. The van der Waals surface area contributed by atoms with Crippen LogP contribution in [-0.2, 0) is 21.0 Å². The number of likely N-dealkylation sites (tertiary alicyclic amines) is 1. The van der Waals surface area contributed by atoms with Crippen LogP contribution in [0.2, 0.25) is 5.02 Å². The molecule has 2 unspecified atom stereocenters. The molecule has 0 aliphatic carbocycles. The summed E-state index contributed by atoms with van der Waals surface area (Å²) in [7, 11) is -5.47. The molecule has 2 aromatic rings. The van der Waals surface area contributed by atoms with Gasteiger partial charge in [-0.2, -0.15) is 5.10 Å². The second-order valence-electron chi connectivity index (χ2n) is 7.47. The van der Waals surface area contributed by atoms with Crippen LogP contribution in [0.3, 0.4) is 0 Å². The number of hydrazone groups is 1. The van der Waals surface area contributed by atoms with Crippen molar-refractivity contribution in [1.29, 1.82) is 0 Å². The average molecular weight is 498 g/mol. The van der Waals surface area contributed by atoms with E-state index in [0.29, 0.717) is 41.8 Å². The predicted octanol–water partition coefficient (Wildman–Crippen LogP) is 2.33. The van der Waals surface area contributed by atoms with Gasteiger partial charge >= 0.3 is 0 Å². The average Bonchev–Trinajstić information content (AvgIpc) is 3.43. The SMILES string of the molecule is NS(=O)(=O)C1CCN(/C(=N/S(=O)c2ccc(Cl)cc2)N2CCC(c3ccc(F)cc3)=N2)C1. The molecule has 0 spiro atoms. The molecule has 2 aliphatic rings. The maximum atomic E-state index is 13.3. The van der Waals surface area contributed by atoms with E-state index in [1.807, 2.05) is 0 Å². The van der Waals surface area contributed by atoms with Crippen molar-refractivity contribution in [3.63, 3.8) is 0 Å². The summed E-state index contributed by atoms with van der Waals surface area (Å²) in [4.78, 5) is 2.19. The van der Waals surface area contributed by atoms with Crippen LogP contribution in [0.25, 0.3) is 0 Å². The molecular weight excluding hydrogens is 477 g/mol. The zero-order valence-electron chi connectivity index (χ0n) is 16.9. The summed E-state index contributed by atoms with van der Waals surface area (Å²) in [6.45, 7) is 0.975. The van der Waals surface area contributed by atoms with E-state index in [0.717, 1.165) is 11.3 Å². The number of nitrogens with zero attached hydrogens (tertiary/aromatic N) is 4.